The number of ether oxygens (including phenoxy) is 1. The first kappa shape index (κ1) is 12.9. The molecule has 1 aromatic heterocycles. The summed E-state index contributed by atoms with van der Waals surface area (Å²) in [7, 11) is 0. The Kier molecular flexibility index (Phi) is 3.32. The number of aromatic nitrogens is 1. The van der Waals surface area contributed by atoms with Crippen molar-refractivity contribution >= 4 is 23.2 Å². The third-order valence-electron chi connectivity index (χ3n) is 3.17. The lowest BCUT2D eigenvalue weighted by atomic mass is 10.1. The fourth-order valence-electron chi connectivity index (χ4n) is 2.26. The Bertz CT molecular complexity index is 646. The number of rotatable bonds is 1. The van der Waals surface area contributed by atoms with Crippen LogP contribution in [0.25, 0.3) is 0 Å². The van der Waals surface area contributed by atoms with Gasteiger partial charge in [-0.25, -0.2) is 0 Å². The largest absolute Gasteiger partial charge is 0.485 e. The molecule has 0 saturated heterocycles. The number of carbonyl (C=O) groups is 1. The average molecular weight is 289 g/mol. The van der Waals surface area contributed by atoms with Crippen LogP contribution in [0.4, 0.5) is 5.69 Å². The lowest BCUT2D eigenvalue weighted by molar-refractivity contribution is 0.0961. The zero-order chi connectivity index (χ0) is 14.1. The minimum absolute atomic E-state index is 0.0777. The topological polar surface area (TPSA) is 42.4 Å². The monoisotopic (exact) mass is 288 g/mol. The molecule has 0 fully saturated rings. The zero-order valence-corrected chi connectivity index (χ0v) is 11.7. The molecule has 1 aliphatic rings. The molecule has 0 radical (unpaired) electrons. The number of para-hydroxylation sites is 1. The van der Waals surface area contributed by atoms with E-state index in [0.717, 1.165) is 0 Å². The van der Waals surface area contributed by atoms with Crippen LogP contribution in [0.3, 0.4) is 0 Å². The highest BCUT2D eigenvalue weighted by Crippen LogP contribution is 2.39. The Morgan fingerprint density at radius 3 is 2.85 bits per heavy atom. The van der Waals surface area contributed by atoms with Gasteiger partial charge in [-0.05, 0) is 31.2 Å². The molecule has 0 bridgehead atoms. The van der Waals surface area contributed by atoms with E-state index < -0.39 is 0 Å². The number of pyridine rings is 1. The van der Waals surface area contributed by atoms with Crippen LogP contribution in [0, 0.1) is 0 Å². The van der Waals surface area contributed by atoms with Crippen molar-refractivity contribution < 1.29 is 9.53 Å². The molecule has 3 rings (SSSR count). The van der Waals surface area contributed by atoms with E-state index in [1.54, 1.807) is 35.5 Å². The second-order valence-electron chi connectivity index (χ2n) is 4.67. The number of benzene rings is 1. The maximum Gasteiger partial charge on any atom is 0.258 e. The zero-order valence-electron chi connectivity index (χ0n) is 10.9. The van der Waals surface area contributed by atoms with Crippen molar-refractivity contribution in [3.05, 3.63) is 53.3 Å². The average Bonchev–Trinajstić information content (AvgIpc) is 2.48. The fraction of sp³-hybridized carbons (Fsp3) is 0.200. The van der Waals surface area contributed by atoms with Crippen LogP contribution in [0.1, 0.15) is 17.3 Å². The standard InChI is InChI=1S/C15H13ClN2O2/c1-10-9-18(15(19)11-5-7-17-8-6-11)13-4-2-3-12(16)14(13)20-10/h2-8,10H,9H2,1H3/t10-/m0/s1. The quantitative estimate of drug-likeness (QED) is 0.809. The van der Waals surface area contributed by atoms with Crippen LogP contribution in [-0.2, 0) is 0 Å². The summed E-state index contributed by atoms with van der Waals surface area (Å²) in [5, 5.41) is 0.515. The van der Waals surface area contributed by atoms with E-state index in [9.17, 15) is 4.79 Å². The number of nitrogens with zero attached hydrogens (tertiary/aromatic N) is 2. The van der Waals surface area contributed by atoms with Gasteiger partial charge in [0.05, 0.1) is 17.3 Å². The third kappa shape index (κ3) is 2.23. The van der Waals surface area contributed by atoms with E-state index >= 15 is 0 Å². The van der Waals surface area contributed by atoms with E-state index in [1.807, 2.05) is 19.1 Å². The molecule has 0 spiro atoms. The molecule has 1 aromatic carbocycles. The smallest absolute Gasteiger partial charge is 0.258 e. The highest BCUT2D eigenvalue weighted by molar-refractivity contribution is 6.32. The Morgan fingerprint density at radius 1 is 1.35 bits per heavy atom. The first-order valence-electron chi connectivity index (χ1n) is 6.34. The minimum atomic E-state index is -0.104. The van der Waals surface area contributed by atoms with Gasteiger partial charge in [-0.15, -0.1) is 0 Å². The number of hydrogen-bond donors (Lipinski definition) is 0. The Labute approximate surface area is 122 Å². The molecule has 5 heteroatoms. The second kappa shape index (κ2) is 5.13. The van der Waals surface area contributed by atoms with Crippen LogP contribution in [0.2, 0.25) is 5.02 Å². The highest BCUT2D eigenvalue weighted by atomic mass is 35.5. The fourth-order valence-corrected chi connectivity index (χ4v) is 2.48. The molecular formula is C15H13ClN2O2. The first-order valence-corrected chi connectivity index (χ1v) is 6.71. The van der Waals surface area contributed by atoms with Crippen LogP contribution in [0.5, 0.6) is 5.75 Å². The van der Waals surface area contributed by atoms with Gasteiger partial charge in [-0.2, -0.15) is 0 Å². The molecule has 1 atom stereocenters. The minimum Gasteiger partial charge on any atom is -0.485 e. The summed E-state index contributed by atoms with van der Waals surface area (Å²) >= 11 is 6.15. The van der Waals surface area contributed by atoms with Gasteiger partial charge < -0.3 is 9.64 Å². The summed E-state index contributed by atoms with van der Waals surface area (Å²) in [4.78, 5) is 18.2. The van der Waals surface area contributed by atoms with Gasteiger partial charge in [0.1, 0.15) is 6.10 Å². The lowest BCUT2D eigenvalue weighted by Crippen LogP contribution is -2.42. The van der Waals surface area contributed by atoms with Gasteiger partial charge in [0.15, 0.2) is 5.75 Å². The van der Waals surface area contributed by atoms with Crippen molar-refractivity contribution in [1.82, 2.24) is 4.98 Å². The second-order valence-corrected chi connectivity index (χ2v) is 5.08. The van der Waals surface area contributed by atoms with Crippen molar-refractivity contribution in [1.29, 1.82) is 0 Å². The van der Waals surface area contributed by atoms with Crippen molar-refractivity contribution in [2.24, 2.45) is 0 Å². The number of hydrogen-bond acceptors (Lipinski definition) is 3. The summed E-state index contributed by atoms with van der Waals surface area (Å²) in [6.07, 6.45) is 3.11. The predicted molar refractivity (Wildman–Crippen MR) is 77.5 cm³/mol. The van der Waals surface area contributed by atoms with E-state index in [-0.39, 0.29) is 12.0 Å². The molecule has 1 amide bonds. The summed E-state index contributed by atoms with van der Waals surface area (Å²) in [6.45, 7) is 2.41. The van der Waals surface area contributed by atoms with Gasteiger partial charge in [-0.3, -0.25) is 9.78 Å². The highest BCUT2D eigenvalue weighted by Gasteiger charge is 2.29. The number of anilines is 1. The molecule has 2 aromatic rings. The molecule has 4 nitrogen and oxygen atoms in total. The number of fused-ring (bicyclic) bond motifs is 1. The van der Waals surface area contributed by atoms with Gasteiger partial charge in [-0.1, -0.05) is 17.7 Å². The molecule has 0 unspecified atom stereocenters. The first-order chi connectivity index (χ1) is 9.66. The number of amides is 1. The molecule has 20 heavy (non-hydrogen) atoms. The van der Waals surface area contributed by atoms with Crippen molar-refractivity contribution in [3.8, 4) is 5.75 Å². The van der Waals surface area contributed by atoms with E-state index in [1.165, 1.54) is 0 Å². The Hall–Kier alpha value is -2.07. The maximum absolute atomic E-state index is 12.6. The predicted octanol–water partition coefficient (Wildman–Crippen LogP) is 3.16. The normalized spacial score (nSPS) is 17.3. The third-order valence-corrected chi connectivity index (χ3v) is 3.47. The van der Waals surface area contributed by atoms with Crippen molar-refractivity contribution in [2.75, 3.05) is 11.4 Å². The molecular weight excluding hydrogens is 276 g/mol. The van der Waals surface area contributed by atoms with Crippen molar-refractivity contribution in [3.63, 3.8) is 0 Å². The molecule has 102 valence electrons. The van der Waals surface area contributed by atoms with Crippen LogP contribution in [-0.4, -0.2) is 23.5 Å². The molecule has 0 saturated carbocycles. The van der Waals surface area contributed by atoms with E-state index in [0.29, 0.717) is 28.6 Å². The van der Waals surface area contributed by atoms with E-state index in [4.69, 9.17) is 16.3 Å². The van der Waals surface area contributed by atoms with E-state index in [2.05, 4.69) is 4.98 Å². The van der Waals surface area contributed by atoms with Gasteiger partial charge in [0.25, 0.3) is 5.91 Å². The van der Waals surface area contributed by atoms with Gasteiger partial charge in [0, 0.05) is 18.0 Å². The molecule has 0 N–H and O–H groups in total. The molecule has 1 aliphatic heterocycles. The maximum atomic E-state index is 12.6. The number of halogens is 1. The molecule has 0 aliphatic carbocycles. The van der Waals surface area contributed by atoms with Gasteiger partial charge in [0.2, 0.25) is 0 Å². The summed E-state index contributed by atoms with van der Waals surface area (Å²) < 4.78 is 5.74. The van der Waals surface area contributed by atoms with Crippen LogP contribution < -0.4 is 9.64 Å². The van der Waals surface area contributed by atoms with Crippen LogP contribution >= 0.6 is 11.6 Å². The summed E-state index contributed by atoms with van der Waals surface area (Å²) in [5.74, 6) is 0.487. The summed E-state index contributed by atoms with van der Waals surface area (Å²) in [6, 6.07) is 8.81. The summed E-state index contributed by atoms with van der Waals surface area (Å²) in [5.41, 5.74) is 1.30. The van der Waals surface area contributed by atoms with Gasteiger partial charge >= 0.3 is 0 Å². The van der Waals surface area contributed by atoms with Crippen molar-refractivity contribution in [2.45, 2.75) is 13.0 Å². The van der Waals surface area contributed by atoms with Crippen LogP contribution in [0.15, 0.2) is 42.7 Å². The lowest BCUT2D eigenvalue weighted by Gasteiger charge is -2.33. The number of carbonyl (C=O) groups excluding carboxylic acids is 1. The Morgan fingerprint density at radius 2 is 2.10 bits per heavy atom. The SMILES string of the molecule is C[C@H]1CN(C(=O)c2ccncc2)c2cccc(Cl)c2O1. The Balaban J connectivity index is 2.03. The molecule has 2 heterocycles.